The zero-order chi connectivity index (χ0) is 22.8. The van der Waals surface area contributed by atoms with Crippen molar-refractivity contribution in [2.24, 2.45) is 0 Å². The molecule has 3 rings (SSSR count). The van der Waals surface area contributed by atoms with Crippen molar-refractivity contribution >= 4 is 15.9 Å². The molecule has 1 fully saturated rings. The van der Waals surface area contributed by atoms with Gasteiger partial charge in [-0.3, -0.25) is 4.79 Å². The summed E-state index contributed by atoms with van der Waals surface area (Å²) in [4.78, 5) is 12.8. The predicted octanol–water partition coefficient (Wildman–Crippen LogP) is 2.90. The lowest BCUT2D eigenvalue weighted by molar-refractivity contribution is -0.138. The Morgan fingerprint density at radius 1 is 0.968 bits per heavy atom. The topological polar surface area (TPSA) is 66.9 Å². The van der Waals surface area contributed by atoms with Crippen LogP contribution in [0.4, 0.5) is 22.0 Å². The second-order valence-corrected chi connectivity index (χ2v) is 8.58. The van der Waals surface area contributed by atoms with Gasteiger partial charge in [-0.1, -0.05) is 0 Å². The lowest BCUT2D eigenvalue weighted by atomic mass is 10.2. The number of nitrogens with zero attached hydrogens (tertiary/aromatic N) is 2. The molecule has 0 aromatic heterocycles. The molecule has 0 spiro atoms. The van der Waals surface area contributed by atoms with E-state index in [1.165, 1.54) is 4.90 Å². The zero-order valence-electron chi connectivity index (χ0n) is 15.9. The second-order valence-electron chi connectivity index (χ2n) is 6.67. The molecule has 0 aliphatic carbocycles. The largest absolute Gasteiger partial charge is 0.484 e. The number of rotatable bonds is 5. The van der Waals surface area contributed by atoms with Crippen molar-refractivity contribution in [3.8, 4) is 5.75 Å². The highest BCUT2D eigenvalue weighted by Crippen LogP contribution is 2.30. The van der Waals surface area contributed by atoms with E-state index in [4.69, 9.17) is 4.74 Å². The Balaban J connectivity index is 1.55. The summed E-state index contributed by atoms with van der Waals surface area (Å²) in [7, 11) is -4.28. The molecule has 0 N–H and O–H groups in total. The van der Waals surface area contributed by atoms with Crippen LogP contribution in [-0.4, -0.2) is 56.3 Å². The monoisotopic (exact) mass is 464 g/mol. The van der Waals surface area contributed by atoms with Crippen LogP contribution in [0, 0.1) is 11.6 Å². The third-order valence-corrected chi connectivity index (χ3v) is 6.56. The molecule has 1 heterocycles. The van der Waals surface area contributed by atoms with Gasteiger partial charge in [0.15, 0.2) is 6.61 Å². The summed E-state index contributed by atoms with van der Waals surface area (Å²) in [5.41, 5.74) is -0.849. The zero-order valence-corrected chi connectivity index (χ0v) is 16.7. The van der Waals surface area contributed by atoms with Gasteiger partial charge < -0.3 is 9.64 Å². The Morgan fingerprint density at radius 3 is 2.16 bits per heavy atom. The van der Waals surface area contributed by atoms with Crippen molar-refractivity contribution < 1.29 is 39.9 Å². The van der Waals surface area contributed by atoms with Crippen LogP contribution in [0.5, 0.6) is 5.75 Å². The quantitative estimate of drug-likeness (QED) is 0.639. The molecule has 0 saturated carbocycles. The van der Waals surface area contributed by atoms with E-state index in [1.807, 2.05) is 0 Å². The Labute approximate surface area is 174 Å². The number of piperazine rings is 1. The van der Waals surface area contributed by atoms with E-state index in [2.05, 4.69) is 0 Å². The van der Waals surface area contributed by atoms with E-state index >= 15 is 0 Å². The molecule has 0 atom stereocenters. The summed E-state index contributed by atoms with van der Waals surface area (Å²) < 4.78 is 96.1. The van der Waals surface area contributed by atoms with Crippen LogP contribution in [0.1, 0.15) is 5.56 Å². The Kier molecular flexibility index (Phi) is 6.51. The molecular formula is C19H17F5N2O4S. The molecule has 1 aliphatic heterocycles. The van der Waals surface area contributed by atoms with Gasteiger partial charge in [0.05, 0.1) is 5.56 Å². The maximum atomic E-state index is 13.9. The van der Waals surface area contributed by atoms with Gasteiger partial charge in [-0.2, -0.15) is 17.5 Å². The fourth-order valence-electron chi connectivity index (χ4n) is 2.97. The molecule has 0 bridgehead atoms. The van der Waals surface area contributed by atoms with Gasteiger partial charge >= 0.3 is 6.18 Å². The molecule has 1 aliphatic rings. The maximum Gasteiger partial charge on any atom is 0.416 e. The molecule has 168 valence electrons. The molecule has 2 aromatic rings. The van der Waals surface area contributed by atoms with Gasteiger partial charge in [-0.25, -0.2) is 17.2 Å². The molecular weight excluding hydrogens is 447 g/mol. The molecule has 6 nitrogen and oxygen atoms in total. The highest BCUT2D eigenvalue weighted by atomic mass is 32.2. The Bertz CT molecular complexity index is 1050. The van der Waals surface area contributed by atoms with Gasteiger partial charge in [-0.05, 0) is 42.5 Å². The molecule has 2 aromatic carbocycles. The SMILES string of the molecule is O=C(COc1ccc(C(F)(F)F)cc1)N1CCN(S(=O)(=O)c2cc(F)ccc2F)CC1. The minimum absolute atomic E-state index is 0.00856. The summed E-state index contributed by atoms with van der Waals surface area (Å²) >= 11 is 0. The average molecular weight is 464 g/mol. The summed E-state index contributed by atoms with van der Waals surface area (Å²) in [6.07, 6.45) is -4.48. The Hall–Kier alpha value is -2.73. The number of carbonyl (C=O) groups excluding carboxylic acids is 1. The van der Waals surface area contributed by atoms with Crippen molar-refractivity contribution in [2.75, 3.05) is 32.8 Å². The number of hydrogen-bond donors (Lipinski definition) is 0. The third-order valence-electron chi connectivity index (χ3n) is 4.65. The van der Waals surface area contributed by atoms with E-state index in [1.54, 1.807) is 0 Å². The van der Waals surface area contributed by atoms with Gasteiger partial charge in [0.1, 0.15) is 22.3 Å². The van der Waals surface area contributed by atoms with E-state index < -0.39 is 50.8 Å². The van der Waals surface area contributed by atoms with Crippen LogP contribution in [-0.2, 0) is 21.0 Å². The molecule has 31 heavy (non-hydrogen) atoms. The number of alkyl halides is 3. The normalized spacial score (nSPS) is 15.7. The van der Waals surface area contributed by atoms with Crippen LogP contribution in [0.15, 0.2) is 47.4 Å². The van der Waals surface area contributed by atoms with Crippen LogP contribution < -0.4 is 4.74 Å². The number of hydrogen-bond acceptors (Lipinski definition) is 4. The molecule has 12 heteroatoms. The summed E-state index contributed by atoms with van der Waals surface area (Å²) in [6.45, 7) is -0.734. The number of benzene rings is 2. The number of ether oxygens (including phenoxy) is 1. The van der Waals surface area contributed by atoms with E-state index in [-0.39, 0.29) is 31.9 Å². The second kappa shape index (κ2) is 8.79. The van der Waals surface area contributed by atoms with Gasteiger partial charge in [-0.15, -0.1) is 0 Å². The van der Waals surface area contributed by atoms with Crippen molar-refractivity contribution in [3.63, 3.8) is 0 Å². The number of halogens is 5. The van der Waals surface area contributed by atoms with Gasteiger partial charge in [0, 0.05) is 26.2 Å². The Morgan fingerprint density at radius 2 is 1.58 bits per heavy atom. The first-order valence-electron chi connectivity index (χ1n) is 9.01. The number of amides is 1. The first-order valence-corrected chi connectivity index (χ1v) is 10.5. The lowest BCUT2D eigenvalue weighted by Gasteiger charge is -2.34. The minimum Gasteiger partial charge on any atom is -0.484 e. The van der Waals surface area contributed by atoms with Crippen molar-refractivity contribution in [2.45, 2.75) is 11.1 Å². The van der Waals surface area contributed by atoms with Crippen LogP contribution in [0.25, 0.3) is 0 Å². The van der Waals surface area contributed by atoms with Crippen LogP contribution in [0.2, 0.25) is 0 Å². The minimum atomic E-state index is -4.48. The van der Waals surface area contributed by atoms with Gasteiger partial charge in [0.25, 0.3) is 5.91 Å². The third kappa shape index (κ3) is 5.31. The molecule has 1 amide bonds. The summed E-state index contributed by atoms with van der Waals surface area (Å²) in [5, 5.41) is 0. The van der Waals surface area contributed by atoms with Gasteiger partial charge in [0.2, 0.25) is 10.0 Å². The molecule has 0 unspecified atom stereocenters. The van der Waals surface area contributed by atoms with Crippen molar-refractivity contribution in [1.29, 1.82) is 0 Å². The molecule has 1 saturated heterocycles. The fraction of sp³-hybridized carbons (Fsp3) is 0.316. The standard InChI is InChI=1S/C19H17F5N2O4S/c20-14-3-6-16(21)17(11-14)31(28,29)26-9-7-25(8-10-26)18(27)12-30-15-4-1-13(2-5-15)19(22,23)24/h1-6,11H,7-10,12H2. The highest BCUT2D eigenvalue weighted by molar-refractivity contribution is 7.89. The number of sulfonamides is 1. The van der Waals surface area contributed by atoms with Crippen molar-refractivity contribution in [3.05, 3.63) is 59.7 Å². The summed E-state index contributed by atoms with van der Waals surface area (Å²) in [6, 6.07) is 5.97. The van der Waals surface area contributed by atoms with Crippen LogP contribution >= 0.6 is 0 Å². The van der Waals surface area contributed by atoms with E-state index in [0.717, 1.165) is 40.7 Å². The maximum absolute atomic E-state index is 13.9. The van der Waals surface area contributed by atoms with Crippen molar-refractivity contribution in [1.82, 2.24) is 9.21 Å². The fourth-order valence-corrected chi connectivity index (χ4v) is 4.47. The first kappa shape index (κ1) is 22.9. The predicted molar refractivity (Wildman–Crippen MR) is 98.6 cm³/mol. The smallest absolute Gasteiger partial charge is 0.416 e. The first-order chi connectivity index (χ1) is 14.5. The summed E-state index contributed by atoms with van der Waals surface area (Å²) in [5.74, 6) is -2.39. The number of carbonyl (C=O) groups is 1. The average Bonchev–Trinajstić information content (AvgIpc) is 2.73. The lowest BCUT2D eigenvalue weighted by Crippen LogP contribution is -2.51. The van der Waals surface area contributed by atoms with Crippen LogP contribution in [0.3, 0.4) is 0 Å². The highest BCUT2D eigenvalue weighted by Gasteiger charge is 2.33. The molecule has 0 radical (unpaired) electrons. The van der Waals surface area contributed by atoms with E-state index in [0.29, 0.717) is 6.07 Å². The van der Waals surface area contributed by atoms with E-state index in [9.17, 15) is 35.2 Å².